The molecule has 2 aromatic rings. The number of hydrogen-bond acceptors (Lipinski definition) is 2. The van der Waals surface area contributed by atoms with Crippen molar-refractivity contribution in [3.05, 3.63) is 66.2 Å². The van der Waals surface area contributed by atoms with E-state index in [1.54, 1.807) is 0 Å². The Hall–Kier alpha value is -1.80. The van der Waals surface area contributed by atoms with Crippen LogP contribution in [0.4, 0.5) is 5.69 Å². The second-order valence-electron chi connectivity index (χ2n) is 6.12. The molecule has 1 aliphatic rings. The predicted octanol–water partition coefficient (Wildman–Crippen LogP) is 3.88. The van der Waals surface area contributed by atoms with Gasteiger partial charge in [-0.05, 0) is 49.9 Å². The van der Waals surface area contributed by atoms with E-state index in [0.29, 0.717) is 6.04 Å². The second-order valence-corrected chi connectivity index (χ2v) is 6.12. The van der Waals surface area contributed by atoms with Gasteiger partial charge in [-0.3, -0.25) is 0 Å². The average Bonchev–Trinajstić information content (AvgIpc) is 3.05. The Kier molecular flexibility index (Phi) is 5.49. The number of nitrogens with zero attached hydrogens (tertiary/aromatic N) is 1. The van der Waals surface area contributed by atoms with Gasteiger partial charge in [-0.2, -0.15) is 0 Å². The van der Waals surface area contributed by atoms with Gasteiger partial charge in [-0.15, -0.1) is 0 Å². The molecule has 1 heterocycles. The fraction of sp³-hybridized carbons (Fsp3) is 0.400. The summed E-state index contributed by atoms with van der Waals surface area (Å²) in [5.74, 6) is 0. The molecule has 0 unspecified atom stereocenters. The first-order chi connectivity index (χ1) is 10.9. The van der Waals surface area contributed by atoms with Crippen LogP contribution in [0.5, 0.6) is 0 Å². The van der Waals surface area contributed by atoms with Gasteiger partial charge in [0.2, 0.25) is 0 Å². The van der Waals surface area contributed by atoms with Gasteiger partial charge in [0.05, 0.1) is 0 Å². The van der Waals surface area contributed by atoms with E-state index in [9.17, 15) is 0 Å². The molecule has 0 saturated carbocycles. The number of hydrogen-bond donors (Lipinski definition) is 1. The maximum absolute atomic E-state index is 3.66. The molecule has 0 aromatic heterocycles. The molecule has 116 valence electrons. The summed E-state index contributed by atoms with van der Waals surface area (Å²) in [6.07, 6.45) is 4.99. The van der Waals surface area contributed by atoms with Crippen molar-refractivity contribution in [3.8, 4) is 0 Å². The van der Waals surface area contributed by atoms with E-state index in [4.69, 9.17) is 0 Å². The molecule has 0 radical (unpaired) electrons. The fourth-order valence-corrected chi connectivity index (χ4v) is 3.34. The molecule has 3 rings (SSSR count). The Morgan fingerprint density at radius 1 is 0.955 bits per heavy atom. The topological polar surface area (TPSA) is 15.3 Å². The van der Waals surface area contributed by atoms with E-state index in [2.05, 4.69) is 70.9 Å². The van der Waals surface area contributed by atoms with Crippen LogP contribution in [0.1, 0.15) is 24.8 Å². The van der Waals surface area contributed by atoms with Crippen LogP contribution in [0.2, 0.25) is 0 Å². The molecule has 2 heteroatoms. The molecule has 1 saturated heterocycles. The van der Waals surface area contributed by atoms with Crippen LogP contribution in [-0.4, -0.2) is 25.7 Å². The van der Waals surface area contributed by atoms with Crippen molar-refractivity contribution in [2.24, 2.45) is 0 Å². The summed E-state index contributed by atoms with van der Waals surface area (Å²) in [4.78, 5) is 2.56. The lowest BCUT2D eigenvalue weighted by molar-refractivity contribution is 0.562. The molecule has 22 heavy (non-hydrogen) atoms. The van der Waals surface area contributed by atoms with Crippen molar-refractivity contribution in [2.45, 2.75) is 31.7 Å². The summed E-state index contributed by atoms with van der Waals surface area (Å²) in [7, 11) is 0. The van der Waals surface area contributed by atoms with Gasteiger partial charge in [-0.1, -0.05) is 48.5 Å². The van der Waals surface area contributed by atoms with E-state index in [1.165, 1.54) is 43.5 Å². The zero-order valence-corrected chi connectivity index (χ0v) is 13.2. The zero-order valence-electron chi connectivity index (χ0n) is 13.2. The summed E-state index contributed by atoms with van der Waals surface area (Å²) >= 11 is 0. The van der Waals surface area contributed by atoms with Gasteiger partial charge in [0.1, 0.15) is 0 Å². The van der Waals surface area contributed by atoms with Gasteiger partial charge in [-0.25, -0.2) is 0 Å². The quantitative estimate of drug-likeness (QED) is 0.780. The predicted molar refractivity (Wildman–Crippen MR) is 94.4 cm³/mol. The van der Waals surface area contributed by atoms with E-state index in [1.807, 2.05) is 0 Å². The summed E-state index contributed by atoms with van der Waals surface area (Å²) in [6.45, 7) is 3.40. The van der Waals surface area contributed by atoms with Crippen LogP contribution in [0, 0.1) is 0 Å². The molecule has 2 nitrogen and oxygen atoms in total. The number of rotatable bonds is 7. The Balaban J connectivity index is 1.40. The molecular formula is C20H26N2. The largest absolute Gasteiger partial charge is 0.367 e. The molecular weight excluding hydrogens is 268 g/mol. The third kappa shape index (κ3) is 4.11. The lowest BCUT2D eigenvalue weighted by Gasteiger charge is -2.27. The summed E-state index contributed by atoms with van der Waals surface area (Å²) < 4.78 is 0. The van der Waals surface area contributed by atoms with E-state index in [0.717, 1.165) is 13.1 Å². The zero-order chi connectivity index (χ0) is 15.0. The van der Waals surface area contributed by atoms with Crippen LogP contribution in [0.15, 0.2) is 60.7 Å². The molecule has 1 fully saturated rings. The Labute approximate surface area is 134 Å². The molecule has 1 atom stereocenters. The first-order valence-corrected chi connectivity index (χ1v) is 8.50. The monoisotopic (exact) mass is 294 g/mol. The van der Waals surface area contributed by atoms with Crippen molar-refractivity contribution in [3.63, 3.8) is 0 Å². The highest BCUT2D eigenvalue weighted by molar-refractivity contribution is 5.48. The smallest absolute Gasteiger partial charge is 0.0415 e. The lowest BCUT2D eigenvalue weighted by Crippen LogP contribution is -2.38. The lowest BCUT2D eigenvalue weighted by atomic mass is 10.1. The first kappa shape index (κ1) is 15.1. The summed E-state index contributed by atoms with van der Waals surface area (Å²) in [6, 6.07) is 22.2. The molecule has 1 N–H and O–H groups in total. The van der Waals surface area contributed by atoms with Gasteiger partial charge in [0, 0.05) is 24.8 Å². The number of para-hydroxylation sites is 1. The Bertz CT molecular complexity index is 538. The van der Waals surface area contributed by atoms with Crippen molar-refractivity contribution < 1.29 is 0 Å². The number of benzene rings is 2. The molecule has 1 aliphatic heterocycles. The minimum absolute atomic E-state index is 0.652. The van der Waals surface area contributed by atoms with Crippen molar-refractivity contribution in [1.82, 2.24) is 5.32 Å². The minimum atomic E-state index is 0.652. The Morgan fingerprint density at radius 2 is 1.68 bits per heavy atom. The first-order valence-electron chi connectivity index (χ1n) is 8.50. The summed E-state index contributed by atoms with van der Waals surface area (Å²) in [5.41, 5.74) is 2.81. The van der Waals surface area contributed by atoms with Gasteiger partial charge in [0.25, 0.3) is 0 Å². The third-order valence-corrected chi connectivity index (χ3v) is 4.51. The van der Waals surface area contributed by atoms with E-state index >= 15 is 0 Å². The van der Waals surface area contributed by atoms with Crippen LogP contribution < -0.4 is 10.2 Å². The molecule has 0 bridgehead atoms. The van der Waals surface area contributed by atoms with Crippen LogP contribution >= 0.6 is 0 Å². The highest BCUT2D eigenvalue weighted by Crippen LogP contribution is 2.24. The average molecular weight is 294 g/mol. The molecule has 2 aromatic carbocycles. The van der Waals surface area contributed by atoms with Crippen LogP contribution in [-0.2, 0) is 6.42 Å². The van der Waals surface area contributed by atoms with Crippen molar-refractivity contribution >= 4 is 5.69 Å². The second kappa shape index (κ2) is 8.00. The fourth-order valence-electron chi connectivity index (χ4n) is 3.34. The SMILES string of the molecule is c1ccc(CCCNC[C@@H]2CCCN2c2ccccc2)cc1. The molecule has 0 spiro atoms. The normalized spacial score (nSPS) is 17.8. The van der Waals surface area contributed by atoms with E-state index in [-0.39, 0.29) is 0 Å². The van der Waals surface area contributed by atoms with Gasteiger partial charge in [0.15, 0.2) is 0 Å². The van der Waals surface area contributed by atoms with Gasteiger partial charge < -0.3 is 10.2 Å². The van der Waals surface area contributed by atoms with Crippen LogP contribution in [0.3, 0.4) is 0 Å². The van der Waals surface area contributed by atoms with Crippen molar-refractivity contribution in [1.29, 1.82) is 0 Å². The van der Waals surface area contributed by atoms with Crippen molar-refractivity contribution in [2.75, 3.05) is 24.5 Å². The maximum atomic E-state index is 3.66. The maximum Gasteiger partial charge on any atom is 0.0415 e. The molecule has 0 aliphatic carbocycles. The Morgan fingerprint density at radius 3 is 2.45 bits per heavy atom. The van der Waals surface area contributed by atoms with Crippen LogP contribution in [0.25, 0.3) is 0 Å². The number of nitrogens with one attached hydrogen (secondary N) is 1. The number of aryl methyl sites for hydroxylation is 1. The molecule has 0 amide bonds. The highest BCUT2D eigenvalue weighted by Gasteiger charge is 2.23. The minimum Gasteiger partial charge on any atom is -0.367 e. The highest BCUT2D eigenvalue weighted by atomic mass is 15.2. The standard InChI is InChI=1S/C20H26N2/c1-3-9-18(10-4-1)11-7-15-21-17-20-14-8-16-22(20)19-12-5-2-6-13-19/h1-6,9-10,12-13,20-21H,7-8,11,14-17H2/t20-/m0/s1. The van der Waals surface area contributed by atoms with E-state index < -0.39 is 0 Å². The third-order valence-electron chi connectivity index (χ3n) is 4.51. The number of anilines is 1. The van der Waals surface area contributed by atoms with Gasteiger partial charge >= 0.3 is 0 Å². The summed E-state index contributed by atoms with van der Waals surface area (Å²) in [5, 5.41) is 3.66.